The van der Waals surface area contributed by atoms with Gasteiger partial charge >= 0.3 is 0 Å². The smallest absolute Gasteiger partial charge is 0.281 e. The fourth-order valence-corrected chi connectivity index (χ4v) is 6.52. The van der Waals surface area contributed by atoms with Gasteiger partial charge in [0.05, 0.1) is 11.5 Å². The van der Waals surface area contributed by atoms with E-state index in [0.717, 1.165) is 29.3 Å². The van der Waals surface area contributed by atoms with E-state index >= 15 is 0 Å². The van der Waals surface area contributed by atoms with Gasteiger partial charge in [-0.3, -0.25) is 0 Å². The van der Waals surface area contributed by atoms with Crippen LogP contribution in [0.2, 0.25) is 0 Å². The molecule has 3 unspecified atom stereocenters. The molecule has 0 amide bonds. The number of nitrogens with zero attached hydrogens (tertiary/aromatic N) is 1. The van der Waals surface area contributed by atoms with E-state index in [-0.39, 0.29) is 17.5 Å². The van der Waals surface area contributed by atoms with Crippen LogP contribution in [-0.2, 0) is 21.4 Å². The highest BCUT2D eigenvalue weighted by molar-refractivity contribution is 9.10. The van der Waals surface area contributed by atoms with Gasteiger partial charge in [-0.05, 0) is 54.4 Å². The Morgan fingerprint density at radius 2 is 1.92 bits per heavy atom. The van der Waals surface area contributed by atoms with E-state index in [4.69, 9.17) is 35.9 Å². The van der Waals surface area contributed by atoms with Crippen molar-refractivity contribution in [2.45, 2.75) is 50.2 Å². The number of hydrogen-bond acceptors (Lipinski definition) is 4. The lowest BCUT2D eigenvalue weighted by atomic mass is 9.43. The molecular formula is C19H23B2BrN2O2. The molecule has 1 heterocycles. The fraction of sp³-hybridized carbons (Fsp3) is 0.632. The first-order valence-electron chi connectivity index (χ1n) is 9.09. The summed E-state index contributed by atoms with van der Waals surface area (Å²) >= 11 is 3.58. The van der Waals surface area contributed by atoms with Crippen molar-refractivity contribution in [3.05, 3.63) is 33.8 Å². The van der Waals surface area contributed by atoms with Gasteiger partial charge in [-0.15, -0.1) is 0 Å². The zero-order valence-corrected chi connectivity index (χ0v) is 17.0. The van der Waals surface area contributed by atoms with Gasteiger partial charge in [0.1, 0.15) is 21.2 Å². The van der Waals surface area contributed by atoms with Crippen molar-refractivity contribution in [3.8, 4) is 0 Å². The topological polar surface area (TPSA) is 56.8 Å². The van der Waals surface area contributed by atoms with E-state index in [9.17, 15) is 0 Å². The number of hydrogen-bond donors (Lipinski definition) is 1. The Morgan fingerprint density at radius 1 is 1.27 bits per heavy atom. The van der Waals surface area contributed by atoms with Gasteiger partial charge in [-0.2, -0.15) is 0 Å². The Kier molecular flexibility index (Phi) is 4.09. The Labute approximate surface area is 166 Å². The summed E-state index contributed by atoms with van der Waals surface area (Å²) in [5.74, 6) is 0.706. The first-order chi connectivity index (χ1) is 12.2. The summed E-state index contributed by atoms with van der Waals surface area (Å²) < 4.78 is 12.4. The molecular weight excluding hydrogens is 390 g/mol. The van der Waals surface area contributed by atoms with Crippen LogP contribution in [0.3, 0.4) is 0 Å². The highest BCUT2D eigenvalue weighted by Crippen LogP contribution is 2.66. The lowest BCUT2D eigenvalue weighted by Crippen LogP contribution is -2.61. The van der Waals surface area contributed by atoms with Crippen LogP contribution in [0.4, 0.5) is 0 Å². The van der Waals surface area contributed by atoms with Gasteiger partial charge in [0.15, 0.2) is 0 Å². The molecule has 3 aliphatic rings. The van der Waals surface area contributed by atoms with Crippen molar-refractivity contribution in [2.75, 3.05) is 7.11 Å². The molecule has 2 aliphatic carbocycles. The van der Waals surface area contributed by atoms with Gasteiger partial charge < -0.3 is 15.2 Å². The van der Waals surface area contributed by atoms with E-state index in [1.54, 1.807) is 7.11 Å². The monoisotopic (exact) mass is 412 g/mol. The zero-order chi connectivity index (χ0) is 18.9. The SMILES string of the molecule is [B]C1([B])OC(N)=NC12c1cc(Br)ccc1CC21C[C@@H](C)C(OC)[C@@H](C)C1. The molecule has 2 N–H and O–H groups in total. The first-order valence-corrected chi connectivity index (χ1v) is 9.89. The maximum atomic E-state index is 6.55. The average Bonchev–Trinajstić information content (AvgIpc) is 2.92. The van der Waals surface area contributed by atoms with Crippen LogP contribution < -0.4 is 5.73 Å². The molecule has 1 saturated carbocycles. The number of ether oxygens (including phenoxy) is 2. The van der Waals surface area contributed by atoms with Crippen molar-refractivity contribution >= 4 is 37.6 Å². The number of fused-ring (bicyclic) bond motifs is 3. The van der Waals surface area contributed by atoms with Crippen molar-refractivity contribution in [1.29, 1.82) is 0 Å². The second kappa shape index (κ2) is 5.78. The van der Waals surface area contributed by atoms with Crippen LogP contribution in [0.25, 0.3) is 0 Å². The second-order valence-electron chi connectivity index (χ2n) is 8.38. The van der Waals surface area contributed by atoms with Gasteiger partial charge in [-0.25, -0.2) is 4.99 Å². The number of nitrogens with two attached hydrogens (primary N) is 1. The predicted octanol–water partition coefficient (Wildman–Crippen LogP) is 2.60. The Bertz CT molecular complexity index is 773. The van der Waals surface area contributed by atoms with Gasteiger partial charge in [-0.1, -0.05) is 35.8 Å². The molecule has 7 heteroatoms. The summed E-state index contributed by atoms with van der Waals surface area (Å²) in [6.45, 7) is 4.46. The summed E-state index contributed by atoms with van der Waals surface area (Å²) in [5, 5.41) is -1.48. The predicted molar refractivity (Wildman–Crippen MR) is 107 cm³/mol. The molecule has 0 bridgehead atoms. The molecule has 4 radical (unpaired) electrons. The van der Waals surface area contributed by atoms with Crippen LogP contribution in [0.1, 0.15) is 37.8 Å². The molecule has 1 fully saturated rings. The van der Waals surface area contributed by atoms with Crippen molar-refractivity contribution < 1.29 is 9.47 Å². The Balaban J connectivity index is 1.94. The Morgan fingerprint density at radius 3 is 2.46 bits per heavy atom. The number of halogens is 1. The molecule has 1 aromatic carbocycles. The van der Waals surface area contributed by atoms with Crippen molar-refractivity contribution in [1.82, 2.24) is 0 Å². The van der Waals surface area contributed by atoms with Crippen molar-refractivity contribution in [2.24, 2.45) is 28.0 Å². The van der Waals surface area contributed by atoms with Gasteiger partial charge in [0.2, 0.25) is 0 Å². The summed E-state index contributed by atoms with van der Waals surface area (Å²) in [5.41, 5.74) is 7.09. The third kappa shape index (κ3) is 2.22. The van der Waals surface area contributed by atoms with Gasteiger partial charge in [0, 0.05) is 17.0 Å². The minimum atomic E-state index is -1.48. The minimum absolute atomic E-state index is 0.0661. The third-order valence-electron chi connectivity index (χ3n) is 6.69. The van der Waals surface area contributed by atoms with Crippen LogP contribution in [-0.4, -0.2) is 40.3 Å². The standard InChI is InChI=1S/C19H23B2BrN2O2/c1-10-7-17(8-11(2)15(10)25-3)9-12-4-5-13(22)6-14(12)18(17)19(20,21)26-16(23)24-18/h4-6,10-11,15H,7-9H2,1-3H3,(H2,23,24)/t10-,11+,15?,17?,18?. The van der Waals surface area contributed by atoms with Gasteiger partial charge in [0.25, 0.3) is 6.02 Å². The lowest BCUT2D eigenvalue weighted by molar-refractivity contribution is -0.0865. The molecule has 5 atom stereocenters. The van der Waals surface area contributed by atoms with E-state index < -0.39 is 10.9 Å². The summed E-state index contributed by atoms with van der Waals surface area (Å²) in [4.78, 5) is 4.81. The summed E-state index contributed by atoms with van der Waals surface area (Å²) in [7, 11) is 14.9. The maximum Gasteiger partial charge on any atom is 0.281 e. The van der Waals surface area contributed by atoms with Crippen molar-refractivity contribution in [3.63, 3.8) is 0 Å². The average molecular weight is 413 g/mol. The summed E-state index contributed by atoms with van der Waals surface area (Å²) in [6, 6.07) is 6.32. The molecule has 2 spiro atoms. The second-order valence-corrected chi connectivity index (χ2v) is 9.29. The van der Waals surface area contributed by atoms with Crippen LogP contribution in [0.15, 0.2) is 27.7 Å². The zero-order valence-electron chi connectivity index (χ0n) is 15.5. The highest BCUT2D eigenvalue weighted by atomic mass is 79.9. The largest absolute Gasteiger partial charge is 0.476 e. The molecule has 0 saturated heterocycles. The molecule has 134 valence electrons. The molecule has 4 nitrogen and oxygen atoms in total. The molecule has 1 aromatic rings. The van der Waals surface area contributed by atoms with E-state index in [1.807, 2.05) is 0 Å². The number of amidine groups is 1. The van der Waals surface area contributed by atoms with Crippen LogP contribution in [0, 0.1) is 17.3 Å². The maximum absolute atomic E-state index is 6.55. The highest BCUT2D eigenvalue weighted by Gasteiger charge is 2.69. The fourth-order valence-electron chi connectivity index (χ4n) is 6.16. The number of methoxy groups -OCH3 is 1. The molecule has 1 aliphatic heterocycles. The van der Waals surface area contributed by atoms with E-state index in [1.165, 1.54) is 5.56 Å². The van der Waals surface area contributed by atoms with E-state index in [0.29, 0.717) is 11.8 Å². The number of benzene rings is 1. The molecule has 0 aromatic heterocycles. The third-order valence-corrected chi connectivity index (χ3v) is 7.19. The summed E-state index contributed by atoms with van der Waals surface area (Å²) in [6.07, 6.45) is 2.87. The quantitative estimate of drug-likeness (QED) is 0.721. The first kappa shape index (κ1) is 18.4. The van der Waals surface area contributed by atoms with Crippen LogP contribution >= 0.6 is 15.9 Å². The lowest BCUT2D eigenvalue weighted by Gasteiger charge is -2.55. The number of aliphatic imine (C=N–C) groups is 1. The number of rotatable bonds is 1. The normalized spacial score (nSPS) is 40.5. The van der Waals surface area contributed by atoms with E-state index in [2.05, 4.69) is 48.0 Å². The minimum Gasteiger partial charge on any atom is -0.476 e. The van der Waals surface area contributed by atoms with Crippen LogP contribution in [0.5, 0.6) is 0 Å². The molecule has 26 heavy (non-hydrogen) atoms. The molecule has 4 rings (SSSR count). The Hall–Kier alpha value is -0.940.